The Labute approximate surface area is 106 Å². The first-order valence-electron chi connectivity index (χ1n) is 4.09. The van der Waals surface area contributed by atoms with Gasteiger partial charge in [-0.2, -0.15) is 26.0 Å². The second-order valence-electron chi connectivity index (χ2n) is 3.26. The molecule has 0 aliphatic rings. The molecule has 0 aliphatic heterocycles. The monoisotopic (exact) mass is 345 g/mol. The summed E-state index contributed by atoms with van der Waals surface area (Å²) in [4.78, 5) is 0. The molecule has 4 nitrogen and oxygen atoms in total. The average Bonchev–Trinajstić information content (AvgIpc) is 2.23. The Morgan fingerprint density at radius 2 is 1.20 bits per heavy atom. The van der Waals surface area contributed by atoms with Crippen LogP contribution in [0.15, 0.2) is 0 Å². The number of hydrogen-bond acceptors (Lipinski definition) is 3. The summed E-state index contributed by atoms with van der Waals surface area (Å²) in [6.07, 6.45) is -13.7. The van der Waals surface area contributed by atoms with Crippen molar-refractivity contribution in [3.63, 3.8) is 0 Å². The van der Waals surface area contributed by atoms with Crippen LogP contribution in [0.25, 0.3) is 0 Å². The third-order valence-electron chi connectivity index (χ3n) is 1.86. The number of rotatable bonds is 6. The molecule has 4 N–H and O–H groups in total. The lowest BCUT2D eigenvalue weighted by Crippen LogP contribution is -2.58. The van der Waals surface area contributed by atoms with Crippen molar-refractivity contribution in [2.75, 3.05) is 0 Å². The Morgan fingerprint density at radius 1 is 0.850 bits per heavy atom. The maximum absolute atomic E-state index is 12.7. The summed E-state index contributed by atoms with van der Waals surface area (Å²) >= 11 is 0. The zero-order valence-electron chi connectivity index (χ0n) is 9.09. The molecule has 0 heterocycles. The molecule has 14 heteroatoms. The number of hydrogen-bond donors (Lipinski definition) is 2. The first-order chi connectivity index (χ1) is 8.17. The quantitative estimate of drug-likeness (QED) is 0.572. The Kier molecular flexibility index (Phi) is 6.83. The summed E-state index contributed by atoms with van der Waals surface area (Å²) in [7, 11) is -6.40. The topological polar surface area (TPSA) is 89.4 Å². The maximum Gasteiger partial charge on any atom is 0.360 e. The van der Waals surface area contributed by atoms with Gasteiger partial charge in [0.05, 0.1) is 0 Å². The molecule has 0 bridgehead atoms. The third-order valence-corrected chi connectivity index (χ3v) is 2.68. The van der Waals surface area contributed by atoms with E-state index in [9.17, 15) is 47.9 Å². The molecular weight excluding hydrogens is 337 g/mol. The second-order valence-corrected chi connectivity index (χ2v) is 4.70. The van der Waals surface area contributed by atoms with Crippen LogP contribution in [0.2, 0.25) is 0 Å². The van der Waals surface area contributed by atoms with E-state index in [1.807, 2.05) is 0 Å². The van der Waals surface area contributed by atoms with Crippen LogP contribution in [0.1, 0.15) is 0 Å². The summed E-state index contributed by atoms with van der Waals surface area (Å²) in [5, 5.41) is 0. The highest BCUT2D eigenvalue weighted by atomic mass is 32.2. The van der Waals surface area contributed by atoms with Crippen LogP contribution < -0.4 is 6.15 Å². The van der Waals surface area contributed by atoms with Gasteiger partial charge >= 0.3 is 22.0 Å². The van der Waals surface area contributed by atoms with Gasteiger partial charge < -0.3 is 6.15 Å². The summed E-state index contributed by atoms with van der Waals surface area (Å²) < 4.78 is 139. The lowest BCUT2D eigenvalue weighted by Gasteiger charge is -2.30. The van der Waals surface area contributed by atoms with Crippen LogP contribution in [-0.4, -0.2) is 49.1 Å². The van der Waals surface area contributed by atoms with Crippen LogP contribution in [0, 0.1) is 0 Å². The van der Waals surface area contributed by atoms with Gasteiger partial charge in [0.25, 0.3) is 11.9 Å². The minimum Gasteiger partial charge on any atom is -0.344 e. The van der Waals surface area contributed by atoms with Gasteiger partial charge in [0.15, 0.2) is 6.17 Å². The fraction of sp³-hybridized carbons (Fsp3) is 1.00. The van der Waals surface area contributed by atoms with Crippen molar-refractivity contribution in [2.45, 2.75) is 36.1 Å². The number of alkyl halides is 9. The van der Waals surface area contributed by atoms with E-state index in [2.05, 4.69) is 0 Å². The first kappa shape index (κ1) is 21.5. The van der Waals surface area contributed by atoms with E-state index in [1.54, 1.807) is 0 Å². The molecule has 0 fully saturated rings. The molecule has 0 radical (unpaired) electrons. The van der Waals surface area contributed by atoms with Crippen LogP contribution >= 0.6 is 0 Å². The predicted molar refractivity (Wildman–Crippen MR) is 47.2 cm³/mol. The lowest BCUT2D eigenvalue weighted by atomic mass is 10.0. The van der Waals surface area contributed by atoms with Crippen LogP contribution in [0.5, 0.6) is 0 Å². The van der Waals surface area contributed by atoms with Crippen LogP contribution in [0.4, 0.5) is 39.5 Å². The zero-order valence-corrected chi connectivity index (χ0v) is 9.91. The third kappa shape index (κ3) is 3.88. The Bertz CT molecular complexity index is 414. The molecule has 0 saturated carbocycles. The summed E-state index contributed by atoms with van der Waals surface area (Å²) in [5.41, 5.74) is -5.02. The standard InChI is InChI=1S/C6H5F9O3S.H3N/c7-1(3(9)10)2(8)5(12,13)6(14,15)4(11)19(16,17)18;/h1-4H,(H,16,17,18);1H3. The van der Waals surface area contributed by atoms with Gasteiger partial charge in [-0.05, 0) is 0 Å². The van der Waals surface area contributed by atoms with E-state index >= 15 is 0 Å². The zero-order chi connectivity index (χ0) is 15.8. The molecule has 0 rings (SSSR count). The van der Waals surface area contributed by atoms with E-state index < -0.39 is 46.2 Å². The van der Waals surface area contributed by atoms with Gasteiger partial charge in [-0.25, -0.2) is 22.0 Å². The highest BCUT2D eigenvalue weighted by Crippen LogP contribution is 2.45. The predicted octanol–water partition coefficient (Wildman–Crippen LogP) is 2.54. The van der Waals surface area contributed by atoms with E-state index in [0.29, 0.717) is 0 Å². The SMILES string of the molecule is N.O=S(=O)(O)C(F)C(F)(F)C(F)(F)C(F)C(F)C(F)F. The molecule has 0 saturated heterocycles. The molecule has 0 aromatic rings. The van der Waals surface area contributed by atoms with E-state index in [-0.39, 0.29) is 6.15 Å². The molecule has 0 aromatic heterocycles. The first-order valence-corrected chi connectivity index (χ1v) is 5.60. The summed E-state index contributed by atoms with van der Waals surface area (Å²) in [5.74, 6) is -12.9. The van der Waals surface area contributed by atoms with Crippen LogP contribution in [-0.2, 0) is 10.1 Å². The average molecular weight is 345 g/mol. The maximum atomic E-state index is 12.7. The smallest absolute Gasteiger partial charge is 0.344 e. The summed E-state index contributed by atoms with van der Waals surface area (Å²) in [6, 6.07) is 0. The number of halogens is 9. The molecular formula is C6H8F9NO3S. The molecule has 20 heavy (non-hydrogen) atoms. The minimum atomic E-state index is -6.46. The molecule has 0 amide bonds. The van der Waals surface area contributed by atoms with Gasteiger partial charge in [0.1, 0.15) is 0 Å². The largest absolute Gasteiger partial charge is 0.360 e. The molecule has 3 unspecified atom stereocenters. The van der Waals surface area contributed by atoms with Crippen molar-refractivity contribution in [3.8, 4) is 0 Å². The van der Waals surface area contributed by atoms with Gasteiger partial charge in [0, 0.05) is 0 Å². The van der Waals surface area contributed by atoms with E-state index in [0.717, 1.165) is 0 Å². The summed E-state index contributed by atoms with van der Waals surface area (Å²) in [6.45, 7) is 0. The lowest BCUT2D eigenvalue weighted by molar-refractivity contribution is -0.265. The van der Waals surface area contributed by atoms with Crippen molar-refractivity contribution in [3.05, 3.63) is 0 Å². The Morgan fingerprint density at radius 3 is 1.45 bits per heavy atom. The van der Waals surface area contributed by atoms with E-state index in [4.69, 9.17) is 4.55 Å². The second kappa shape index (κ2) is 6.34. The fourth-order valence-corrected chi connectivity index (χ4v) is 1.38. The molecule has 0 aliphatic carbocycles. The van der Waals surface area contributed by atoms with Crippen molar-refractivity contribution < 1.29 is 52.5 Å². The van der Waals surface area contributed by atoms with Crippen molar-refractivity contribution in [1.82, 2.24) is 6.15 Å². The van der Waals surface area contributed by atoms with Crippen molar-refractivity contribution in [1.29, 1.82) is 0 Å². The molecule has 124 valence electrons. The highest BCUT2D eigenvalue weighted by Gasteiger charge is 2.71. The molecule has 0 aromatic carbocycles. The van der Waals surface area contributed by atoms with E-state index in [1.165, 1.54) is 0 Å². The van der Waals surface area contributed by atoms with Crippen molar-refractivity contribution in [2.24, 2.45) is 0 Å². The van der Waals surface area contributed by atoms with Gasteiger partial charge in [-0.3, -0.25) is 4.55 Å². The van der Waals surface area contributed by atoms with Gasteiger partial charge in [0.2, 0.25) is 6.17 Å². The molecule has 3 atom stereocenters. The van der Waals surface area contributed by atoms with Gasteiger partial charge in [-0.1, -0.05) is 0 Å². The van der Waals surface area contributed by atoms with Crippen LogP contribution in [0.3, 0.4) is 0 Å². The Balaban J connectivity index is 0. The fourth-order valence-electron chi connectivity index (χ4n) is 0.850. The molecule has 0 spiro atoms. The Hall–Kier alpha value is -0.760. The normalized spacial score (nSPS) is 18.4. The highest BCUT2D eigenvalue weighted by molar-refractivity contribution is 7.86. The minimum absolute atomic E-state index is 0. The van der Waals surface area contributed by atoms with Gasteiger partial charge in [-0.15, -0.1) is 0 Å². The van der Waals surface area contributed by atoms with Crippen molar-refractivity contribution >= 4 is 10.1 Å².